The summed E-state index contributed by atoms with van der Waals surface area (Å²) in [6.07, 6.45) is -5.02. The highest BCUT2D eigenvalue weighted by molar-refractivity contribution is 5.87. The molecule has 8 nitrogen and oxygen atoms in total. The Hall–Kier alpha value is -3.70. The number of alkyl halides is 3. The van der Waals surface area contributed by atoms with Crippen molar-refractivity contribution < 1.29 is 32.1 Å². The highest BCUT2D eigenvalue weighted by atomic mass is 19.4. The highest BCUT2D eigenvalue weighted by Gasteiger charge is 2.33. The van der Waals surface area contributed by atoms with E-state index in [0.29, 0.717) is 12.1 Å². The Morgan fingerprint density at radius 3 is 2.45 bits per heavy atom. The Labute approximate surface area is 173 Å². The molecule has 2 aromatic rings. The summed E-state index contributed by atoms with van der Waals surface area (Å²) in [5.41, 5.74) is 3.32. The van der Waals surface area contributed by atoms with Crippen LogP contribution in [0.4, 0.5) is 28.9 Å². The van der Waals surface area contributed by atoms with E-state index in [1.807, 2.05) is 0 Å². The summed E-state index contributed by atoms with van der Waals surface area (Å²) >= 11 is 0. The van der Waals surface area contributed by atoms with Crippen LogP contribution in [0.1, 0.15) is 23.6 Å². The van der Waals surface area contributed by atoms with Crippen molar-refractivity contribution in [1.82, 2.24) is 4.90 Å². The van der Waals surface area contributed by atoms with Crippen molar-refractivity contribution in [2.45, 2.75) is 18.6 Å². The van der Waals surface area contributed by atoms with E-state index in [-0.39, 0.29) is 24.2 Å². The molecule has 0 spiro atoms. The van der Waals surface area contributed by atoms with Gasteiger partial charge in [-0.3, -0.25) is 19.7 Å². The zero-order valence-corrected chi connectivity index (χ0v) is 16.1. The number of nitrogens with one attached hydrogen (secondary N) is 1. The van der Waals surface area contributed by atoms with E-state index in [2.05, 4.69) is 5.32 Å². The fourth-order valence-electron chi connectivity index (χ4n) is 2.89. The van der Waals surface area contributed by atoms with Gasteiger partial charge >= 0.3 is 6.18 Å². The molecular weight excluding hydrogens is 424 g/mol. The van der Waals surface area contributed by atoms with Crippen LogP contribution in [-0.2, 0) is 15.8 Å². The van der Waals surface area contributed by atoms with Crippen LogP contribution in [0.25, 0.3) is 0 Å². The molecule has 3 N–H and O–H groups in total. The van der Waals surface area contributed by atoms with Gasteiger partial charge in [-0.15, -0.1) is 0 Å². The third kappa shape index (κ3) is 5.90. The SMILES string of the molecule is CN(C(=O)CCNc1ccc(C(F)(F)F)cc1[N+](=O)[O-])C(C(N)=O)c1cccc(F)c1. The second kappa shape index (κ2) is 9.41. The predicted octanol–water partition coefficient (Wildman–Crippen LogP) is 3.24. The minimum atomic E-state index is -4.75. The standard InChI is InChI=1S/C19H18F4N4O4/c1-26(17(18(24)29)11-3-2-4-13(20)9-11)16(28)7-8-25-14-6-5-12(19(21,22)23)10-15(14)27(30)31/h2-6,9-10,17,25H,7-8H2,1H3,(H2,24,29). The maximum atomic E-state index is 13.5. The second-order valence-electron chi connectivity index (χ2n) is 6.53. The number of hydrogen-bond donors (Lipinski definition) is 2. The number of nitro benzene ring substituents is 1. The lowest BCUT2D eigenvalue weighted by atomic mass is 10.0. The molecule has 1 atom stereocenters. The van der Waals surface area contributed by atoms with Gasteiger partial charge in [0.05, 0.1) is 10.5 Å². The molecule has 0 heterocycles. The van der Waals surface area contributed by atoms with Crippen molar-refractivity contribution >= 4 is 23.2 Å². The highest BCUT2D eigenvalue weighted by Crippen LogP contribution is 2.35. The summed E-state index contributed by atoms with van der Waals surface area (Å²) in [6, 6.07) is 5.71. The lowest BCUT2D eigenvalue weighted by molar-refractivity contribution is -0.384. The van der Waals surface area contributed by atoms with Gasteiger partial charge in [0.1, 0.15) is 17.5 Å². The number of primary amides is 1. The van der Waals surface area contributed by atoms with Crippen LogP contribution in [0.15, 0.2) is 42.5 Å². The molecule has 0 saturated carbocycles. The lowest BCUT2D eigenvalue weighted by Crippen LogP contribution is -2.39. The minimum Gasteiger partial charge on any atom is -0.379 e. The Morgan fingerprint density at radius 2 is 1.90 bits per heavy atom. The molecule has 0 aliphatic rings. The van der Waals surface area contributed by atoms with Crippen molar-refractivity contribution in [2.75, 3.05) is 18.9 Å². The van der Waals surface area contributed by atoms with E-state index < -0.39 is 46.0 Å². The smallest absolute Gasteiger partial charge is 0.379 e. The molecule has 0 aromatic heterocycles. The molecule has 0 fully saturated rings. The normalized spacial score (nSPS) is 12.2. The average Bonchev–Trinajstić information content (AvgIpc) is 2.66. The van der Waals surface area contributed by atoms with Gasteiger partial charge in [0.2, 0.25) is 11.8 Å². The Balaban J connectivity index is 2.10. The van der Waals surface area contributed by atoms with Crippen LogP contribution in [0, 0.1) is 15.9 Å². The zero-order chi connectivity index (χ0) is 23.3. The van der Waals surface area contributed by atoms with Crippen LogP contribution in [0.5, 0.6) is 0 Å². The number of nitrogens with zero attached hydrogens (tertiary/aromatic N) is 2. The molecule has 0 saturated heterocycles. The van der Waals surface area contributed by atoms with Gasteiger partial charge < -0.3 is 16.0 Å². The molecule has 2 amide bonds. The van der Waals surface area contributed by atoms with E-state index in [1.54, 1.807) is 0 Å². The van der Waals surface area contributed by atoms with Crippen molar-refractivity contribution in [3.8, 4) is 0 Å². The third-order valence-electron chi connectivity index (χ3n) is 4.39. The van der Waals surface area contributed by atoms with Crippen LogP contribution in [0.3, 0.4) is 0 Å². The average molecular weight is 442 g/mol. The monoisotopic (exact) mass is 442 g/mol. The second-order valence-corrected chi connectivity index (χ2v) is 6.53. The first-order valence-electron chi connectivity index (χ1n) is 8.81. The van der Waals surface area contributed by atoms with E-state index >= 15 is 0 Å². The lowest BCUT2D eigenvalue weighted by Gasteiger charge is -2.26. The molecule has 0 bridgehead atoms. The molecule has 0 aliphatic carbocycles. The minimum absolute atomic E-state index is 0.162. The van der Waals surface area contributed by atoms with Crippen molar-refractivity contribution in [1.29, 1.82) is 0 Å². The van der Waals surface area contributed by atoms with Crippen LogP contribution in [0.2, 0.25) is 0 Å². The number of nitro groups is 1. The summed E-state index contributed by atoms with van der Waals surface area (Å²) < 4.78 is 51.7. The van der Waals surface area contributed by atoms with Crippen molar-refractivity contribution in [3.63, 3.8) is 0 Å². The molecule has 1 unspecified atom stereocenters. The topological polar surface area (TPSA) is 119 Å². The Bertz CT molecular complexity index is 997. The third-order valence-corrected chi connectivity index (χ3v) is 4.39. The Morgan fingerprint density at radius 1 is 1.23 bits per heavy atom. The molecule has 2 rings (SSSR count). The van der Waals surface area contributed by atoms with E-state index in [0.717, 1.165) is 23.1 Å². The van der Waals surface area contributed by atoms with Crippen LogP contribution < -0.4 is 11.1 Å². The van der Waals surface area contributed by atoms with Gasteiger partial charge in [-0.2, -0.15) is 13.2 Å². The van der Waals surface area contributed by atoms with Crippen LogP contribution >= 0.6 is 0 Å². The number of benzene rings is 2. The molecular formula is C19H18F4N4O4. The van der Waals surface area contributed by atoms with Gasteiger partial charge in [0, 0.05) is 26.1 Å². The number of nitrogens with two attached hydrogens (primary N) is 1. The molecule has 0 radical (unpaired) electrons. The number of amides is 2. The van der Waals surface area contributed by atoms with Crippen molar-refractivity contribution in [3.05, 3.63) is 69.5 Å². The van der Waals surface area contributed by atoms with Crippen LogP contribution in [-0.4, -0.2) is 35.2 Å². The number of carbonyl (C=O) groups is 2. The fraction of sp³-hybridized carbons (Fsp3) is 0.263. The molecule has 12 heteroatoms. The number of rotatable bonds is 8. The molecule has 31 heavy (non-hydrogen) atoms. The Kier molecular flexibility index (Phi) is 7.16. The van der Waals surface area contributed by atoms with E-state index in [1.165, 1.54) is 19.2 Å². The van der Waals surface area contributed by atoms with Gasteiger partial charge in [0.15, 0.2) is 0 Å². The summed E-state index contributed by atoms with van der Waals surface area (Å²) in [7, 11) is 1.28. The summed E-state index contributed by atoms with van der Waals surface area (Å²) in [5, 5.41) is 13.6. The first-order valence-corrected chi connectivity index (χ1v) is 8.81. The van der Waals surface area contributed by atoms with Crippen molar-refractivity contribution in [2.24, 2.45) is 5.73 Å². The number of anilines is 1. The maximum absolute atomic E-state index is 13.5. The predicted molar refractivity (Wildman–Crippen MR) is 102 cm³/mol. The first-order chi connectivity index (χ1) is 14.4. The summed E-state index contributed by atoms with van der Waals surface area (Å²) in [5.74, 6) is -2.12. The zero-order valence-electron chi connectivity index (χ0n) is 16.1. The quantitative estimate of drug-likeness (QED) is 0.370. The molecule has 166 valence electrons. The first kappa shape index (κ1) is 23.6. The number of carbonyl (C=O) groups excluding carboxylic acids is 2. The number of halogens is 4. The largest absolute Gasteiger partial charge is 0.416 e. The van der Waals surface area contributed by atoms with Gasteiger partial charge in [-0.05, 0) is 29.8 Å². The van der Waals surface area contributed by atoms with Gasteiger partial charge in [-0.1, -0.05) is 12.1 Å². The van der Waals surface area contributed by atoms with Gasteiger partial charge in [0.25, 0.3) is 5.69 Å². The number of hydrogen-bond acceptors (Lipinski definition) is 5. The van der Waals surface area contributed by atoms with E-state index in [4.69, 9.17) is 5.73 Å². The number of likely N-dealkylation sites (N-methyl/N-ethyl adjacent to an activating group) is 1. The maximum Gasteiger partial charge on any atom is 0.416 e. The molecule has 2 aromatic carbocycles. The summed E-state index contributed by atoms with van der Waals surface area (Å²) in [6.45, 7) is -0.177. The van der Waals surface area contributed by atoms with Gasteiger partial charge in [-0.25, -0.2) is 4.39 Å². The van der Waals surface area contributed by atoms with E-state index in [9.17, 15) is 37.3 Å². The fourth-order valence-corrected chi connectivity index (χ4v) is 2.89. The summed E-state index contributed by atoms with van der Waals surface area (Å²) in [4.78, 5) is 35.4. The molecule has 0 aliphatic heterocycles.